The molecule has 102 valence electrons. The van der Waals surface area contributed by atoms with E-state index in [1.807, 2.05) is 4.90 Å². The van der Waals surface area contributed by atoms with E-state index >= 15 is 0 Å². The number of nitrogens with two attached hydrogens (primary N) is 1. The number of hydrogen-bond donors (Lipinski definition) is 4. The van der Waals surface area contributed by atoms with E-state index in [4.69, 9.17) is 10.8 Å². The van der Waals surface area contributed by atoms with Gasteiger partial charge in [-0.3, -0.25) is 14.5 Å². The molecule has 1 aliphatic rings. The molecule has 18 heavy (non-hydrogen) atoms. The summed E-state index contributed by atoms with van der Waals surface area (Å²) >= 11 is 0. The van der Waals surface area contributed by atoms with Crippen LogP contribution < -0.4 is 16.4 Å². The monoisotopic (exact) mass is 258 g/mol. The largest absolute Gasteiger partial charge is 0.480 e. The lowest BCUT2D eigenvalue weighted by Crippen LogP contribution is -2.50. The Morgan fingerprint density at radius 1 is 1.33 bits per heavy atom. The molecule has 5 N–H and O–H groups in total. The molecule has 0 spiro atoms. The zero-order valence-electron chi connectivity index (χ0n) is 10.0. The van der Waals surface area contributed by atoms with Crippen LogP contribution in [0.5, 0.6) is 0 Å². The highest BCUT2D eigenvalue weighted by Crippen LogP contribution is 1.95. The molecular formula is C10H18N4O4. The van der Waals surface area contributed by atoms with Crippen molar-refractivity contribution in [3.63, 3.8) is 0 Å². The number of carbonyl (C=O) groups excluding carboxylic acids is 2. The highest BCUT2D eigenvalue weighted by molar-refractivity contribution is 5.88. The number of primary amides is 1. The predicted octanol–water partition coefficient (Wildman–Crippen LogP) is -2.66. The van der Waals surface area contributed by atoms with E-state index in [-0.39, 0.29) is 6.54 Å². The first-order valence-electron chi connectivity index (χ1n) is 5.72. The van der Waals surface area contributed by atoms with E-state index in [0.29, 0.717) is 0 Å². The number of rotatable bonds is 6. The Labute approximate surface area is 104 Å². The van der Waals surface area contributed by atoms with E-state index in [9.17, 15) is 14.4 Å². The maximum absolute atomic E-state index is 11.6. The van der Waals surface area contributed by atoms with E-state index in [1.165, 1.54) is 0 Å². The first kappa shape index (κ1) is 14.4. The van der Waals surface area contributed by atoms with Crippen LogP contribution in [0.4, 0.5) is 0 Å². The quantitative estimate of drug-likeness (QED) is 0.412. The van der Waals surface area contributed by atoms with Gasteiger partial charge >= 0.3 is 5.97 Å². The fourth-order valence-corrected chi connectivity index (χ4v) is 1.71. The summed E-state index contributed by atoms with van der Waals surface area (Å²) in [5.74, 6) is -2.43. The third-order valence-corrected chi connectivity index (χ3v) is 2.62. The zero-order chi connectivity index (χ0) is 13.5. The van der Waals surface area contributed by atoms with Gasteiger partial charge in [0.1, 0.15) is 6.04 Å². The summed E-state index contributed by atoms with van der Waals surface area (Å²) in [4.78, 5) is 35.0. The maximum Gasteiger partial charge on any atom is 0.326 e. The Morgan fingerprint density at radius 2 is 1.94 bits per heavy atom. The predicted molar refractivity (Wildman–Crippen MR) is 62.7 cm³/mol. The highest BCUT2D eigenvalue weighted by atomic mass is 16.4. The van der Waals surface area contributed by atoms with Crippen LogP contribution in [0.3, 0.4) is 0 Å². The van der Waals surface area contributed by atoms with Crippen molar-refractivity contribution >= 4 is 17.8 Å². The first-order valence-corrected chi connectivity index (χ1v) is 5.72. The number of carboxylic acid groups (broad SMARTS) is 1. The molecule has 0 bridgehead atoms. The number of aliphatic carboxylic acids is 1. The SMILES string of the molecule is NC(=O)CC(NC(=O)CN1CCNCC1)C(=O)O. The van der Waals surface area contributed by atoms with Gasteiger partial charge in [0.05, 0.1) is 13.0 Å². The van der Waals surface area contributed by atoms with Crippen molar-refractivity contribution < 1.29 is 19.5 Å². The van der Waals surface area contributed by atoms with Crippen LogP contribution in [0, 0.1) is 0 Å². The van der Waals surface area contributed by atoms with Gasteiger partial charge in [0.25, 0.3) is 0 Å². The lowest BCUT2D eigenvalue weighted by atomic mass is 10.2. The standard InChI is InChI=1S/C10H18N4O4/c11-8(15)5-7(10(17)18)13-9(16)6-14-3-1-12-2-4-14/h7,12H,1-6H2,(H2,11,15)(H,13,16)(H,17,18). The molecule has 1 fully saturated rings. The van der Waals surface area contributed by atoms with E-state index in [2.05, 4.69) is 10.6 Å². The number of piperazine rings is 1. The molecule has 0 aromatic rings. The van der Waals surface area contributed by atoms with Gasteiger partial charge in [-0.2, -0.15) is 0 Å². The third kappa shape index (κ3) is 5.11. The Morgan fingerprint density at radius 3 is 2.44 bits per heavy atom. The second-order valence-electron chi connectivity index (χ2n) is 4.15. The Kier molecular flexibility index (Phi) is 5.53. The lowest BCUT2D eigenvalue weighted by Gasteiger charge is -2.26. The summed E-state index contributed by atoms with van der Waals surface area (Å²) in [6.07, 6.45) is -0.400. The van der Waals surface area contributed by atoms with Crippen molar-refractivity contribution in [2.75, 3.05) is 32.7 Å². The van der Waals surface area contributed by atoms with Gasteiger partial charge in [-0.15, -0.1) is 0 Å². The molecule has 1 aliphatic heterocycles. The molecule has 1 rings (SSSR count). The average molecular weight is 258 g/mol. The van der Waals surface area contributed by atoms with Gasteiger partial charge in [0.2, 0.25) is 11.8 Å². The average Bonchev–Trinajstić information content (AvgIpc) is 2.28. The molecule has 0 radical (unpaired) electrons. The summed E-state index contributed by atoms with van der Waals surface area (Å²) < 4.78 is 0. The molecule has 0 aromatic carbocycles. The summed E-state index contributed by atoms with van der Waals surface area (Å²) in [7, 11) is 0. The Balaban J connectivity index is 2.40. The van der Waals surface area contributed by atoms with Crippen LogP contribution >= 0.6 is 0 Å². The van der Waals surface area contributed by atoms with E-state index in [1.54, 1.807) is 0 Å². The van der Waals surface area contributed by atoms with Crippen molar-refractivity contribution in [3.8, 4) is 0 Å². The van der Waals surface area contributed by atoms with Crippen molar-refractivity contribution in [3.05, 3.63) is 0 Å². The van der Waals surface area contributed by atoms with Crippen molar-refractivity contribution in [2.24, 2.45) is 5.73 Å². The van der Waals surface area contributed by atoms with Crippen molar-refractivity contribution in [1.29, 1.82) is 0 Å². The Bertz CT molecular complexity index is 328. The zero-order valence-corrected chi connectivity index (χ0v) is 10.0. The molecule has 1 unspecified atom stereocenters. The minimum absolute atomic E-state index is 0.129. The molecule has 1 saturated heterocycles. The lowest BCUT2D eigenvalue weighted by molar-refractivity contribution is -0.143. The minimum Gasteiger partial charge on any atom is -0.480 e. The van der Waals surface area contributed by atoms with Crippen LogP contribution in [0.25, 0.3) is 0 Å². The molecule has 0 saturated carbocycles. The summed E-state index contributed by atoms with van der Waals surface area (Å²) in [5.41, 5.74) is 4.92. The summed E-state index contributed by atoms with van der Waals surface area (Å²) in [6.45, 7) is 3.21. The van der Waals surface area contributed by atoms with Crippen molar-refractivity contribution in [1.82, 2.24) is 15.5 Å². The van der Waals surface area contributed by atoms with Crippen LogP contribution in [0.1, 0.15) is 6.42 Å². The Hall–Kier alpha value is -1.67. The van der Waals surface area contributed by atoms with Gasteiger partial charge in [0.15, 0.2) is 0 Å². The van der Waals surface area contributed by atoms with Gasteiger partial charge in [0, 0.05) is 26.2 Å². The molecule has 8 nitrogen and oxygen atoms in total. The van der Waals surface area contributed by atoms with E-state index < -0.39 is 30.2 Å². The smallest absolute Gasteiger partial charge is 0.326 e. The van der Waals surface area contributed by atoms with Crippen LogP contribution in [0.2, 0.25) is 0 Å². The summed E-state index contributed by atoms with van der Waals surface area (Å²) in [6, 6.07) is -1.25. The number of hydrogen-bond acceptors (Lipinski definition) is 5. The highest BCUT2D eigenvalue weighted by Gasteiger charge is 2.23. The number of amides is 2. The molecule has 8 heteroatoms. The van der Waals surface area contributed by atoms with Gasteiger partial charge in [-0.05, 0) is 0 Å². The van der Waals surface area contributed by atoms with Gasteiger partial charge in [-0.1, -0.05) is 0 Å². The van der Waals surface area contributed by atoms with Gasteiger partial charge < -0.3 is 21.5 Å². The van der Waals surface area contributed by atoms with Gasteiger partial charge in [-0.25, -0.2) is 4.79 Å². The number of carbonyl (C=O) groups is 3. The summed E-state index contributed by atoms with van der Waals surface area (Å²) in [5, 5.41) is 14.3. The van der Waals surface area contributed by atoms with Crippen LogP contribution in [-0.4, -0.2) is 66.6 Å². The second kappa shape index (κ2) is 6.92. The maximum atomic E-state index is 11.6. The second-order valence-corrected chi connectivity index (χ2v) is 4.15. The third-order valence-electron chi connectivity index (χ3n) is 2.62. The fourth-order valence-electron chi connectivity index (χ4n) is 1.71. The van der Waals surface area contributed by atoms with Crippen LogP contribution in [-0.2, 0) is 14.4 Å². The molecule has 2 amide bonds. The topological polar surface area (TPSA) is 125 Å². The minimum atomic E-state index is -1.26. The molecule has 1 heterocycles. The number of carboxylic acids is 1. The molecule has 0 aromatic heterocycles. The molecule has 0 aliphatic carbocycles. The normalized spacial score (nSPS) is 18.0. The first-order chi connectivity index (χ1) is 8.49. The molecule has 1 atom stereocenters. The number of nitrogens with one attached hydrogen (secondary N) is 2. The fraction of sp³-hybridized carbons (Fsp3) is 0.700. The number of nitrogens with zero attached hydrogens (tertiary/aromatic N) is 1. The van der Waals surface area contributed by atoms with E-state index in [0.717, 1.165) is 26.2 Å². The van der Waals surface area contributed by atoms with Crippen molar-refractivity contribution in [2.45, 2.75) is 12.5 Å². The molecular weight excluding hydrogens is 240 g/mol. The van der Waals surface area contributed by atoms with Crippen LogP contribution in [0.15, 0.2) is 0 Å².